The number of hydrogen-bond donors (Lipinski definition) is 1. The minimum absolute atomic E-state index is 0.155. The third kappa shape index (κ3) is 4.97. The number of hydrogen-bond acceptors (Lipinski definition) is 5. The molecule has 0 radical (unpaired) electrons. The summed E-state index contributed by atoms with van der Waals surface area (Å²) in [7, 11) is 4.06. The molecule has 0 aliphatic rings. The Morgan fingerprint density at radius 2 is 1.69 bits per heavy atom. The van der Waals surface area contributed by atoms with Crippen molar-refractivity contribution in [1.82, 2.24) is 14.9 Å². The molecule has 0 saturated carbocycles. The Labute approximate surface area is 163 Å². The molecule has 0 fully saturated rings. The highest BCUT2D eigenvalue weighted by molar-refractivity contribution is 7.99. The van der Waals surface area contributed by atoms with Gasteiger partial charge in [0.25, 0.3) is 0 Å². The van der Waals surface area contributed by atoms with E-state index < -0.39 is 0 Å². The summed E-state index contributed by atoms with van der Waals surface area (Å²) >= 11 is 7.57. The highest BCUT2D eigenvalue weighted by Crippen LogP contribution is 2.30. The van der Waals surface area contributed by atoms with Gasteiger partial charge in [-0.05, 0) is 45.3 Å². The molecule has 4 nitrogen and oxygen atoms in total. The lowest BCUT2D eigenvalue weighted by atomic mass is 10.2. The van der Waals surface area contributed by atoms with Crippen LogP contribution in [0, 0.1) is 0 Å². The van der Waals surface area contributed by atoms with Crippen molar-refractivity contribution in [3.8, 4) is 11.4 Å². The zero-order valence-corrected chi connectivity index (χ0v) is 16.6. The molecule has 0 aliphatic heterocycles. The zero-order valence-electron chi connectivity index (χ0n) is 15.0. The van der Waals surface area contributed by atoms with E-state index in [-0.39, 0.29) is 6.17 Å². The summed E-state index contributed by atoms with van der Waals surface area (Å²) in [5.74, 6) is 1.51. The fourth-order valence-corrected chi connectivity index (χ4v) is 3.18. The summed E-state index contributed by atoms with van der Waals surface area (Å²) < 4.78 is 0. The van der Waals surface area contributed by atoms with Crippen LogP contribution >= 0.6 is 23.4 Å². The van der Waals surface area contributed by atoms with Crippen LogP contribution in [0.1, 0.15) is 6.92 Å². The second-order valence-corrected chi connectivity index (χ2v) is 7.65. The molecule has 26 heavy (non-hydrogen) atoms. The average Bonchev–Trinajstić information content (AvgIpc) is 2.64. The molecule has 0 aliphatic carbocycles. The summed E-state index contributed by atoms with van der Waals surface area (Å²) in [5, 5.41) is 5.04. The third-order valence-corrected chi connectivity index (χ3v) is 5.08. The van der Waals surface area contributed by atoms with Gasteiger partial charge >= 0.3 is 0 Å². The zero-order chi connectivity index (χ0) is 18.5. The molecule has 1 unspecified atom stereocenters. The van der Waals surface area contributed by atoms with Crippen LogP contribution < -0.4 is 5.32 Å². The van der Waals surface area contributed by atoms with E-state index in [1.165, 1.54) is 0 Å². The lowest BCUT2D eigenvalue weighted by molar-refractivity contribution is 0.343. The van der Waals surface area contributed by atoms with Gasteiger partial charge in [-0.25, -0.2) is 9.97 Å². The van der Waals surface area contributed by atoms with Crippen LogP contribution in [-0.2, 0) is 0 Å². The molecule has 1 aromatic heterocycles. The largest absolute Gasteiger partial charge is 0.355 e. The van der Waals surface area contributed by atoms with Crippen molar-refractivity contribution >= 4 is 29.2 Å². The van der Waals surface area contributed by atoms with E-state index in [1.807, 2.05) is 74.8 Å². The van der Waals surface area contributed by atoms with Gasteiger partial charge in [-0.1, -0.05) is 53.7 Å². The third-order valence-electron chi connectivity index (χ3n) is 3.90. The van der Waals surface area contributed by atoms with Crippen molar-refractivity contribution in [2.24, 2.45) is 0 Å². The second-order valence-electron chi connectivity index (χ2n) is 6.12. The molecule has 0 spiro atoms. The molecule has 6 heteroatoms. The van der Waals surface area contributed by atoms with Gasteiger partial charge in [-0.15, -0.1) is 0 Å². The van der Waals surface area contributed by atoms with Gasteiger partial charge in [0.2, 0.25) is 0 Å². The smallest absolute Gasteiger partial charge is 0.162 e. The normalized spacial score (nSPS) is 12.2. The molecule has 1 heterocycles. The van der Waals surface area contributed by atoms with Gasteiger partial charge in [-0.2, -0.15) is 0 Å². The summed E-state index contributed by atoms with van der Waals surface area (Å²) in [6.45, 7) is 2.09. The number of anilines is 1. The number of rotatable bonds is 6. The second kappa shape index (κ2) is 8.54. The summed E-state index contributed by atoms with van der Waals surface area (Å²) in [4.78, 5) is 12.6. The van der Waals surface area contributed by atoms with Crippen molar-refractivity contribution < 1.29 is 0 Å². The van der Waals surface area contributed by atoms with Crippen molar-refractivity contribution in [3.63, 3.8) is 0 Å². The Balaban J connectivity index is 1.95. The van der Waals surface area contributed by atoms with Gasteiger partial charge in [0, 0.05) is 21.5 Å². The lowest BCUT2D eigenvalue weighted by Gasteiger charge is -2.22. The molecule has 3 rings (SSSR count). The van der Waals surface area contributed by atoms with Crippen LogP contribution in [-0.4, -0.2) is 35.1 Å². The maximum Gasteiger partial charge on any atom is 0.162 e. The van der Waals surface area contributed by atoms with Gasteiger partial charge in [0.1, 0.15) is 10.8 Å². The summed E-state index contributed by atoms with van der Waals surface area (Å²) in [6, 6.07) is 19.7. The molecule has 1 N–H and O–H groups in total. The molecule has 0 bridgehead atoms. The maximum atomic E-state index is 5.98. The quantitative estimate of drug-likeness (QED) is 0.463. The summed E-state index contributed by atoms with van der Waals surface area (Å²) in [6.07, 6.45) is 0.155. The standard InChI is InChI=1S/C20H21ClN4S/c1-14(25(2)3)22-18-13-19(26-17-11-9-16(21)10-12-17)24-20(23-18)15-7-5-4-6-8-15/h4-14H,1-3H3,(H,22,23,24). The predicted octanol–water partition coefficient (Wildman–Crippen LogP) is 5.27. The van der Waals surface area contributed by atoms with Crippen LogP contribution in [0.5, 0.6) is 0 Å². The minimum atomic E-state index is 0.155. The number of nitrogens with zero attached hydrogens (tertiary/aromatic N) is 3. The molecule has 2 aromatic carbocycles. The first-order chi connectivity index (χ1) is 12.5. The summed E-state index contributed by atoms with van der Waals surface area (Å²) in [5.41, 5.74) is 0.992. The van der Waals surface area contributed by atoms with Crippen molar-refractivity contribution in [3.05, 3.63) is 65.7 Å². The van der Waals surface area contributed by atoms with Crippen molar-refractivity contribution in [1.29, 1.82) is 0 Å². The molecule has 0 amide bonds. The van der Waals surface area contributed by atoms with E-state index >= 15 is 0 Å². The van der Waals surface area contributed by atoms with E-state index in [2.05, 4.69) is 17.1 Å². The lowest BCUT2D eigenvalue weighted by Crippen LogP contribution is -2.32. The van der Waals surface area contributed by atoms with Gasteiger partial charge in [0.05, 0.1) is 6.17 Å². The van der Waals surface area contributed by atoms with E-state index in [0.29, 0.717) is 5.82 Å². The Morgan fingerprint density at radius 1 is 1.00 bits per heavy atom. The van der Waals surface area contributed by atoms with Gasteiger partial charge < -0.3 is 5.32 Å². The molecule has 1 atom stereocenters. The highest BCUT2D eigenvalue weighted by atomic mass is 35.5. The van der Waals surface area contributed by atoms with Crippen molar-refractivity contribution in [2.45, 2.75) is 23.0 Å². The Kier molecular flexibility index (Phi) is 6.14. The van der Waals surface area contributed by atoms with E-state index in [0.717, 1.165) is 26.3 Å². The molecule has 3 aromatic rings. The van der Waals surface area contributed by atoms with Gasteiger partial charge in [0.15, 0.2) is 5.82 Å². The number of aromatic nitrogens is 2. The number of nitrogens with one attached hydrogen (secondary N) is 1. The Morgan fingerprint density at radius 3 is 2.35 bits per heavy atom. The number of halogens is 1. The van der Waals surface area contributed by atoms with Crippen molar-refractivity contribution in [2.75, 3.05) is 19.4 Å². The monoisotopic (exact) mass is 384 g/mol. The first kappa shape index (κ1) is 18.7. The van der Waals surface area contributed by atoms with E-state index in [9.17, 15) is 0 Å². The van der Waals surface area contributed by atoms with E-state index in [1.54, 1.807) is 11.8 Å². The topological polar surface area (TPSA) is 41.1 Å². The fourth-order valence-electron chi connectivity index (χ4n) is 2.23. The fraction of sp³-hybridized carbons (Fsp3) is 0.200. The van der Waals surface area contributed by atoms with Gasteiger partial charge in [-0.3, -0.25) is 4.90 Å². The van der Waals surface area contributed by atoms with E-state index in [4.69, 9.17) is 21.6 Å². The first-order valence-corrected chi connectivity index (χ1v) is 9.51. The molecular formula is C20H21ClN4S. The van der Waals surface area contributed by atoms with Crippen LogP contribution in [0.3, 0.4) is 0 Å². The maximum absolute atomic E-state index is 5.98. The predicted molar refractivity (Wildman–Crippen MR) is 110 cm³/mol. The average molecular weight is 385 g/mol. The highest BCUT2D eigenvalue weighted by Gasteiger charge is 2.11. The minimum Gasteiger partial charge on any atom is -0.355 e. The van der Waals surface area contributed by atoms with Crippen LogP contribution in [0.4, 0.5) is 5.82 Å². The Bertz CT molecular complexity index is 853. The number of benzene rings is 2. The van der Waals surface area contributed by atoms with Crippen LogP contribution in [0.15, 0.2) is 70.6 Å². The SMILES string of the molecule is CC(Nc1cc(Sc2ccc(Cl)cc2)nc(-c2ccccc2)n1)N(C)C. The van der Waals surface area contributed by atoms with Crippen LogP contribution in [0.2, 0.25) is 5.02 Å². The molecule has 134 valence electrons. The first-order valence-electron chi connectivity index (χ1n) is 8.32. The molecule has 0 saturated heterocycles. The molecular weight excluding hydrogens is 364 g/mol. The van der Waals surface area contributed by atoms with Crippen LogP contribution in [0.25, 0.3) is 11.4 Å². The Hall–Kier alpha value is -2.08.